The third-order valence-electron chi connectivity index (χ3n) is 5.89. The molecule has 32 heavy (non-hydrogen) atoms. The van der Waals surface area contributed by atoms with Crippen LogP contribution in [0.1, 0.15) is 24.5 Å². The maximum absolute atomic E-state index is 11.2. The van der Waals surface area contributed by atoms with Crippen molar-refractivity contribution in [3.63, 3.8) is 0 Å². The summed E-state index contributed by atoms with van der Waals surface area (Å²) in [5.74, 6) is 0.872. The molecule has 1 aliphatic rings. The SMILES string of the molecule is O=C(O)C[C@H]1CCn2c1cc1cc(-c3noc(-c4ccc(-n5cccn5)nc4)n3)ccc12. The fraction of sp³-hybridized carbons (Fsp3) is 0.174. The van der Waals surface area contributed by atoms with Crippen LogP contribution in [0.15, 0.2) is 65.6 Å². The molecule has 0 amide bonds. The van der Waals surface area contributed by atoms with Gasteiger partial charge in [0.15, 0.2) is 5.82 Å². The van der Waals surface area contributed by atoms with Gasteiger partial charge in [-0.3, -0.25) is 4.79 Å². The zero-order chi connectivity index (χ0) is 21.7. The summed E-state index contributed by atoms with van der Waals surface area (Å²) in [4.78, 5) is 20.1. The third kappa shape index (κ3) is 3.06. The topological polar surface area (TPSA) is 112 Å². The minimum atomic E-state index is -0.763. The van der Waals surface area contributed by atoms with Crippen LogP contribution in [-0.4, -0.2) is 40.5 Å². The molecule has 1 aliphatic heterocycles. The Morgan fingerprint density at radius 1 is 1.19 bits per heavy atom. The second-order valence-electron chi connectivity index (χ2n) is 7.86. The fourth-order valence-corrected chi connectivity index (χ4v) is 4.38. The fourth-order valence-electron chi connectivity index (χ4n) is 4.38. The van der Waals surface area contributed by atoms with Crippen molar-refractivity contribution in [3.05, 3.63) is 66.7 Å². The molecule has 158 valence electrons. The molecule has 0 unspecified atom stereocenters. The second-order valence-corrected chi connectivity index (χ2v) is 7.86. The van der Waals surface area contributed by atoms with Gasteiger partial charge in [-0.15, -0.1) is 0 Å². The van der Waals surface area contributed by atoms with Crippen LogP contribution < -0.4 is 0 Å². The van der Waals surface area contributed by atoms with Gasteiger partial charge in [-0.25, -0.2) is 9.67 Å². The van der Waals surface area contributed by atoms with Crippen LogP contribution in [-0.2, 0) is 11.3 Å². The van der Waals surface area contributed by atoms with Crippen LogP contribution >= 0.6 is 0 Å². The number of carboxylic acids is 1. The van der Waals surface area contributed by atoms with Gasteiger partial charge in [0.1, 0.15) is 0 Å². The van der Waals surface area contributed by atoms with Gasteiger partial charge in [0.05, 0.1) is 12.0 Å². The lowest BCUT2D eigenvalue weighted by atomic mass is 10.0. The molecular weight excluding hydrogens is 408 g/mol. The normalized spacial score (nSPS) is 15.3. The molecule has 0 bridgehead atoms. The Kier molecular flexibility index (Phi) is 4.14. The maximum Gasteiger partial charge on any atom is 0.304 e. The molecule has 5 aromatic rings. The molecular formula is C23H18N6O3. The average molecular weight is 426 g/mol. The average Bonchev–Trinajstić information content (AvgIpc) is 3.58. The van der Waals surface area contributed by atoms with Gasteiger partial charge in [0.25, 0.3) is 5.89 Å². The Morgan fingerprint density at radius 2 is 2.09 bits per heavy atom. The van der Waals surface area contributed by atoms with E-state index in [4.69, 9.17) is 4.52 Å². The molecule has 4 aromatic heterocycles. The van der Waals surface area contributed by atoms with Crippen LogP contribution in [0.3, 0.4) is 0 Å². The van der Waals surface area contributed by atoms with E-state index in [1.165, 1.54) is 0 Å². The van der Waals surface area contributed by atoms with Crippen LogP contribution in [0.2, 0.25) is 0 Å². The molecule has 0 aliphatic carbocycles. The minimum Gasteiger partial charge on any atom is -0.481 e. The monoisotopic (exact) mass is 426 g/mol. The summed E-state index contributed by atoms with van der Waals surface area (Å²) in [7, 11) is 0. The highest BCUT2D eigenvalue weighted by Crippen LogP contribution is 2.37. The number of rotatable bonds is 5. The number of hydrogen-bond donors (Lipinski definition) is 1. The summed E-state index contributed by atoms with van der Waals surface area (Å²) >= 11 is 0. The van der Waals surface area contributed by atoms with Crippen LogP contribution in [0.4, 0.5) is 0 Å². The van der Waals surface area contributed by atoms with Crippen molar-refractivity contribution in [2.45, 2.75) is 25.3 Å². The molecule has 5 heterocycles. The molecule has 1 N–H and O–H groups in total. The zero-order valence-electron chi connectivity index (χ0n) is 16.9. The van der Waals surface area contributed by atoms with E-state index in [1.54, 1.807) is 17.1 Å². The van der Waals surface area contributed by atoms with E-state index in [0.717, 1.165) is 40.7 Å². The number of aromatic nitrogens is 6. The Balaban J connectivity index is 1.29. The number of nitrogens with zero attached hydrogens (tertiary/aromatic N) is 6. The summed E-state index contributed by atoms with van der Waals surface area (Å²) in [6, 6.07) is 13.6. The lowest BCUT2D eigenvalue weighted by molar-refractivity contribution is -0.137. The molecule has 0 fully saturated rings. The van der Waals surface area contributed by atoms with Gasteiger partial charge >= 0.3 is 5.97 Å². The molecule has 6 rings (SSSR count). The minimum absolute atomic E-state index is 0.0531. The third-order valence-corrected chi connectivity index (χ3v) is 5.89. The van der Waals surface area contributed by atoms with Gasteiger partial charge in [-0.2, -0.15) is 10.1 Å². The number of hydrogen-bond acceptors (Lipinski definition) is 6. The summed E-state index contributed by atoms with van der Waals surface area (Å²) < 4.78 is 9.36. The molecule has 0 radical (unpaired) electrons. The standard InChI is InChI=1S/C23H18N6O3/c30-21(31)12-14-6-9-28-18-4-2-15(10-17(18)11-19(14)28)22-26-23(32-27-22)16-3-5-20(24-13-16)29-8-1-7-25-29/h1-5,7-8,10-11,13-14H,6,9,12H2,(H,30,31)/t14-/m1/s1. The van der Waals surface area contributed by atoms with E-state index in [0.29, 0.717) is 17.5 Å². The Labute approximate surface area is 181 Å². The molecule has 9 nitrogen and oxygen atoms in total. The van der Waals surface area contributed by atoms with Crippen molar-refractivity contribution in [1.29, 1.82) is 0 Å². The van der Waals surface area contributed by atoms with Gasteiger partial charge in [0.2, 0.25) is 5.82 Å². The van der Waals surface area contributed by atoms with Gasteiger partial charge in [0, 0.05) is 53.2 Å². The lowest BCUT2D eigenvalue weighted by Gasteiger charge is -2.04. The summed E-state index contributed by atoms with van der Waals surface area (Å²) in [6.07, 6.45) is 6.22. The number of carbonyl (C=O) groups is 1. The van der Waals surface area contributed by atoms with E-state index < -0.39 is 5.97 Å². The number of carboxylic acid groups (broad SMARTS) is 1. The van der Waals surface area contributed by atoms with Crippen molar-refractivity contribution in [1.82, 2.24) is 29.5 Å². The Morgan fingerprint density at radius 3 is 2.88 bits per heavy atom. The lowest BCUT2D eigenvalue weighted by Crippen LogP contribution is -2.02. The second kappa shape index (κ2) is 7.16. The largest absolute Gasteiger partial charge is 0.481 e. The van der Waals surface area contributed by atoms with E-state index in [2.05, 4.69) is 30.9 Å². The van der Waals surface area contributed by atoms with Crippen molar-refractivity contribution >= 4 is 16.9 Å². The highest BCUT2D eigenvalue weighted by atomic mass is 16.5. The van der Waals surface area contributed by atoms with E-state index >= 15 is 0 Å². The summed E-state index contributed by atoms with van der Waals surface area (Å²) in [5, 5.41) is 18.5. The highest BCUT2D eigenvalue weighted by molar-refractivity contribution is 5.86. The van der Waals surface area contributed by atoms with Gasteiger partial charge in [-0.1, -0.05) is 5.16 Å². The van der Waals surface area contributed by atoms with Crippen molar-refractivity contribution in [2.75, 3.05) is 0 Å². The summed E-state index contributed by atoms with van der Waals surface area (Å²) in [6.45, 7) is 0.837. The van der Waals surface area contributed by atoms with Gasteiger partial charge in [-0.05, 0) is 48.9 Å². The first-order valence-electron chi connectivity index (χ1n) is 10.3. The van der Waals surface area contributed by atoms with E-state index in [9.17, 15) is 9.90 Å². The molecule has 0 saturated carbocycles. The molecule has 1 aromatic carbocycles. The molecule has 0 saturated heterocycles. The van der Waals surface area contributed by atoms with Crippen molar-refractivity contribution < 1.29 is 14.4 Å². The zero-order valence-corrected chi connectivity index (χ0v) is 16.9. The van der Waals surface area contributed by atoms with Crippen LogP contribution in [0.25, 0.3) is 39.6 Å². The Bertz CT molecular complexity index is 1430. The van der Waals surface area contributed by atoms with Crippen LogP contribution in [0, 0.1) is 0 Å². The first-order chi connectivity index (χ1) is 15.7. The van der Waals surface area contributed by atoms with E-state index in [1.807, 2.05) is 42.6 Å². The van der Waals surface area contributed by atoms with Crippen LogP contribution in [0.5, 0.6) is 0 Å². The molecule has 9 heteroatoms. The predicted molar refractivity (Wildman–Crippen MR) is 115 cm³/mol. The summed E-state index contributed by atoms with van der Waals surface area (Å²) in [5.41, 5.74) is 3.74. The first-order valence-corrected chi connectivity index (χ1v) is 10.3. The van der Waals surface area contributed by atoms with Crippen molar-refractivity contribution in [2.24, 2.45) is 0 Å². The number of pyridine rings is 1. The number of aliphatic carboxylic acids is 1. The first kappa shape index (κ1) is 18.5. The molecule has 1 atom stereocenters. The number of fused-ring (bicyclic) bond motifs is 3. The Hall–Kier alpha value is -4.27. The quantitative estimate of drug-likeness (QED) is 0.453. The predicted octanol–water partition coefficient (Wildman–Crippen LogP) is 3.90. The van der Waals surface area contributed by atoms with Gasteiger partial charge < -0.3 is 14.2 Å². The number of benzene rings is 1. The molecule has 0 spiro atoms. The number of aryl methyl sites for hydroxylation is 1. The highest BCUT2D eigenvalue weighted by Gasteiger charge is 2.27. The maximum atomic E-state index is 11.2. The van der Waals surface area contributed by atoms with Crippen molar-refractivity contribution in [3.8, 4) is 28.7 Å². The smallest absolute Gasteiger partial charge is 0.304 e. The van der Waals surface area contributed by atoms with E-state index in [-0.39, 0.29) is 12.3 Å².